The van der Waals surface area contributed by atoms with Gasteiger partial charge in [-0.05, 0) is 37.3 Å². The summed E-state index contributed by atoms with van der Waals surface area (Å²) in [6.45, 7) is 1.49. The van der Waals surface area contributed by atoms with Crippen LogP contribution in [0.2, 0.25) is 0 Å². The Labute approximate surface area is 139 Å². The largest absolute Gasteiger partial charge is 0.496 e. The van der Waals surface area contributed by atoms with E-state index in [1.165, 1.54) is 31.4 Å². The summed E-state index contributed by atoms with van der Waals surface area (Å²) in [6.07, 6.45) is 0.00861. The molecule has 2 aromatic carbocycles. The number of carbonyl (C=O) groups is 2. The third-order valence-electron chi connectivity index (χ3n) is 3.26. The number of carbonyl (C=O) groups excluding carboxylic acids is 2. The zero-order valence-electron chi connectivity index (χ0n) is 13.5. The Balaban J connectivity index is 1.85. The van der Waals surface area contributed by atoms with Crippen molar-refractivity contribution in [1.29, 1.82) is 0 Å². The second-order valence-electron chi connectivity index (χ2n) is 5.21. The summed E-state index contributed by atoms with van der Waals surface area (Å²) in [5.74, 6) is -0.834. The monoisotopic (exact) mass is 331 g/mol. The van der Waals surface area contributed by atoms with Gasteiger partial charge in [0.1, 0.15) is 11.6 Å². The maximum atomic E-state index is 12.8. The average molecular weight is 331 g/mol. The molecule has 1 N–H and O–H groups in total. The Morgan fingerprint density at radius 3 is 2.50 bits per heavy atom. The van der Waals surface area contributed by atoms with Gasteiger partial charge in [-0.2, -0.15) is 0 Å². The zero-order valence-corrected chi connectivity index (χ0v) is 13.5. The molecule has 0 aliphatic heterocycles. The fraction of sp³-hybridized carbons (Fsp3) is 0.222. The molecule has 0 aliphatic rings. The maximum absolute atomic E-state index is 12.8. The molecule has 0 saturated carbocycles. The Kier molecular flexibility index (Phi) is 5.89. The fourth-order valence-corrected chi connectivity index (χ4v) is 2.13. The number of rotatable bonds is 6. The molecule has 0 unspecified atom stereocenters. The van der Waals surface area contributed by atoms with Gasteiger partial charge in [-0.3, -0.25) is 9.59 Å². The minimum Gasteiger partial charge on any atom is -0.496 e. The lowest BCUT2D eigenvalue weighted by molar-refractivity contribution is -0.146. The molecule has 2 aromatic rings. The van der Waals surface area contributed by atoms with E-state index in [4.69, 9.17) is 9.47 Å². The molecular weight excluding hydrogens is 313 g/mol. The summed E-state index contributed by atoms with van der Waals surface area (Å²) in [5, 5.41) is 2.51. The van der Waals surface area contributed by atoms with Crippen LogP contribution in [0.4, 0.5) is 10.1 Å². The first kappa shape index (κ1) is 17.5. The van der Waals surface area contributed by atoms with Crippen LogP contribution in [0, 0.1) is 12.7 Å². The van der Waals surface area contributed by atoms with E-state index in [0.29, 0.717) is 17.0 Å². The molecule has 0 spiro atoms. The Morgan fingerprint density at radius 1 is 1.12 bits per heavy atom. The summed E-state index contributed by atoms with van der Waals surface area (Å²) in [4.78, 5) is 23.6. The van der Waals surface area contributed by atoms with E-state index in [1.54, 1.807) is 6.07 Å². The molecule has 6 heteroatoms. The van der Waals surface area contributed by atoms with Gasteiger partial charge in [-0.25, -0.2) is 4.39 Å². The molecule has 0 aromatic heterocycles. The van der Waals surface area contributed by atoms with Crippen molar-refractivity contribution in [3.8, 4) is 5.75 Å². The van der Waals surface area contributed by atoms with Crippen molar-refractivity contribution in [2.45, 2.75) is 13.3 Å². The number of methoxy groups -OCH3 is 1. The molecule has 0 atom stereocenters. The number of halogens is 1. The van der Waals surface area contributed by atoms with Gasteiger partial charge < -0.3 is 14.8 Å². The van der Waals surface area contributed by atoms with Crippen LogP contribution in [0.3, 0.4) is 0 Å². The molecule has 126 valence electrons. The topological polar surface area (TPSA) is 64.6 Å². The fourth-order valence-electron chi connectivity index (χ4n) is 2.13. The number of aryl methyl sites for hydroxylation is 1. The first-order valence-corrected chi connectivity index (χ1v) is 7.32. The normalized spacial score (nSPS) is 10.1. The van der Waals surface area contributed by atoms with Gasteiger partial charge in [-0.1, -0.05) is 17.7 Å². The number of ether oxygens (including phenoxy) is 2. The molecule has 0 bridgehead atoms. The van der Waals surface area contributed by atoms with Gasteiger partial charge in [0, 0.05) is 11.3 Å². The summed E-state index contributed by atoms with van der Waals surface area (Å²) in [5.41, 5.74) is 2.12. The highest BCUT2D eigenvalue weighted by Crippen LogP contribution is 2.20. The number of amides is 1. The van der Waals surface area contributed by atoms with E-state index in [1.807, 2.05) is 19.1 Å². The van der Waals surface area contributed by atoms with Gasteiger partial charge in [0.05, 0.1) is 13.5 Å². The molecule has 0 heterocycles. The van der Waals surface area contributed by atoms with Crippen molar-refractivity contribution in [3.05, 3.63) is 59.4 Å². The lowest BCUT2D eigenvalue weighted by atomic mass is 10.1. The highest BCUT2D eigenvalue weighted by Gasteiger charge is 2.12. The minimum absolute atomic E-state index is 0.00861. The SMILES string of the molecule is COc1ccc(C)cc1CC(=O)OCC(=O)Nc1ccc(F)cc1. The second kappa shape index (κ2) is 8.10. The molecule has 2 rings (SSSR count). The Morgan fingerprint density at radius 2 is 1.83 bits per heavy atom. The Bertz CT molecular complexity index is 728. The van der Waals surface area contributed by atoms with Crippen molar-refractivity contribution in [3.63, 3.8) is 0 Å². The molecule has 0 saturated heterocycles. The molecule has 0 radical (unpaired) electrons. The van der Waals surface area contributed by atoms with Crippen molar-refractivity contribution in [1.82, 2.24) is 0 Å². The van der Waals surface area contributed by atoms with Crippen LogP contribution in [-0.4, -0.2) is 25.6 Å². The number of benzene rings is 2. The maximum Gasteiger partial charge on any atom is 0.310 e. The summed E-state index contributed by atoms with van der Waals surface area (Å²) < 4.78 is 22.9. The van der Waals surface area contributed by atoms with Crippen molar-refractivity contribution in [2.24, 2.45) is 0 Å². The van der Waals surface area contributed by atoms with E-state index < -0.39 is 24.3 Å². The third kappa shape index (κ3) is 5.08. The van der Waals surface area contributed by atoms with Gasteiger partial charge in [-0.15, -0.1) is 0 Å². The van der Waals surface area contributed by atoms with Crippen LogP contribution in [-0.2, 0) is 20.7 Å². The van der Waals surface area contributed by atoms with Crippen molar-refractivity contribution >= 4 is 17.6 Å². The van der Waals surface area contributed by atoms with Crippen LogP contribution in [0.15, 0.2) is 42.5 Å². The van der Waals surface area contributed by atoms with Gasteiger partial charge in [0.2, 0.25) is 0 Å². The van der Waals surface area contributed by atoms with Gasteiger partial charge in [0.25, 0.3) is 5.91 Å². The van der Waals surface area contributed by atoms with E-state index in [-0.39, 0.29) is 6.42 Å². The standard InChI is InChI=1S/C18H18FNO4/c1-12-3-8-16(23-2)13(9-12)10-18(22)24-11-17(21)20-15-6-4-14(19)5-7-15/h3-9H,10-11H2,1-2H3,(H,20,21). The van der Waals surface area contributed by atoms with Crippen LogP contribution in [0.5, 0.6) is 5.75 Å². The van der Waals surface area contributed by atoms with E-state index in [0.717, 1.165) is 5.56 Å². The second-order valence-corrected chi connectivity index (χ2v) is 5.21. The molecule has 24 heavy (non-hydrogen) atoms. The van der Waals surface area contributed by atoms with Crippen molar-refractivity contribution in [2.75, 3.05) is 19.0 Å². The predicted octanol–water partition coefficient (Wildman–Crippen LogP) is 2.87. The summed E-state index contributed by atoms with van der Waals surface area (Å²) >= 11 is 0. The highest BCUT2D eigenvalue weighted by atomic mass is 19.1. The number of nitrogens with one attached hydrogen (secondary N) is 1. The molecular formula is C18H18FNO4. The molecule has 1 amide bonds. The number of hydrogen-bond donors (Lipinski definition) is 1. The molecule has 5 nitrogen and oxygen atoms in total. The number of esters is 1. The van der Waals surface area contributed by atoms with Crippen LogP contribution < -0.4 is 10.1 Å². The minimum atomic E-state index is -0.534. The lowest BCUT2D eigenvalue weighted by Gasteiger charge is -2.10. The first-order valence-electron chi connectivity index (χ1n) is 7.32. The number of hydrogen-bond acceptors (Lipinski definition) is 4. The zero-order chi connectivity index (χ0) is 17.5. The predicted molar refractivity (Wildman–Crippen MR) is 87.4 cm³/mol. The highest BCUT2D eigenvalue weighted by molar-refractivity contribution is 5.92. The molecule has 0 fully saturated rings. The van der Waals surface area contributed by atoms with Crippen molar-refractivity contribution < 1.29 is 23.5 Å². The van der Waals surface area contributed by atoms with Crippen LogP contribution in [0.1, 0.15) is 11.1 Å². The van der Waals surface area contributed by atoms with Gasteiger partial charge in [0.15, 0.2) is 6.61 Å². The van der Waals surface area contributed by atoms with E-state index in [9.17, 15) is 14.0 Å². The Hall–Kier alpha value is -2.89. The lowest BCUT2D eigenvalue weighted by Crippen LogP contribution is -2.21. The van der Waals surface area contributed by atoms with E-state index >= 15 is 0 Å². The van der Waals surface area contributed by atoms with Crippen LogP contribution >= 0.6 is 0 Å². The van der Waals surface area contributed by atoms with Gasteiger partial charge >= 0.3 is 5.97 Å². The molecule has 0 aliphatic carbocycles. The first-order chi connectivity index (χ1) is 11.5. The number of anilines is 1. The summed E-state index contributed by atoms with van der Waals surface area (Å²) in [7, 11) is 1.52. The third-order valence-corrected chi connectivity index (χ3v) is 3.26. The average Bonchev–Trinajstić information content (AvgIpc) is 2.55. The van der Waals surface area contributed by atoms with E-state index in [2.05, 4.69) is 5.32 Å². The smallest absolute Gasteiger partial charge is 0.310 e. The van der Waals surface area contributed by atoms with Crippen LogP contribution in [0.25, 0.3) is 0 Å². The summed E-state index contributed by atoms with van der Waals surface area (Å²) in [6, 6.07) is 10.8. The quantitative estimate of drug-likeness (QED) is 0.827.